The van der Waals surface area contributed by atoms with Crippen LogP contribution in [0, 0.1) is 5.82 Å². The molecule has 1 saturated heterocycles. The van der Waals surface area contributed by atoms with Crippen molar-refractivity contribution in [2.24, 2.45) is 0 Å². The van der Waals surface area contributed by atoms with Gasteiger partial charge in [-0.05, 0) is 44.1 Å². The van der Waals surface area contributed by atoms with Crippen LogP contribution < -0.4 is 10.1 Å². The van der Waals surface area contributed by atoms with Gasteiger partial charge in [0.2, 0.25) is 0 Å². The van der Waals surface area contributed by atoms with Crippen molar-refractivity contribution in [2.75, 3.05) is 13.1 Å². The Morgan fingerprint density at radius 3 is 2.88 bits per heavy atom. The average molecular weight is 237 g/mol. The predicted molar refractivity (Wildman–Crippen MR) is 61.4 cm³/mol. The van der Waals surface area contributed by atoms with E-state index in [1.807, 2.05) is 0 Å². The number of aliphatic hydroxyl groups is 1. The maximum absolute atomic E-state index is 13.1. The number of hydrogen-bond acceptors (Lipinski definition) is 3. The van der Waals surface area contributed by atoms with E-state index in [4.69, 9.17) is 4.74 Å². The Morgan fingerprint density at radius 1 is 1.35 bits per heavy atom. The Bertz CT molecular complexity index is 429. The molecule has 2 heterocycles. The van der Waals surface area contributed by atoms with E-state index in [9.17, 15) is 9.50 Å². The molecule has 1 unspecified atom stereocenters. The lowest BCUT2D eigenvalue weighted by atomic mass is 9.82. The molecule has 92 valence electrons. The highest BCUT2D eigenvalue weighted by atomic mass is 19.1. The fourth-order valence-electron chi connectivity index (χ4n) is 2.80. The van der Waals surface area contributed by atoms with E-state index in [1.165, 1.54) is 12.1 Å². The first kappa shape index (κ1) is 11.0. The molecule has 1 atom stereocenters. The topological polar surface area (TPSA) is 41.5 Å². The highest BCUT2D eigenvalue weighted by Crippen LogP contribution is 2.43. The summed E-state index contributed by atoms with van der Waals surface area (Å²) >= 11 is 0. The Hall–Kier alpha value is -1.13. The molecule has 2 aliphatic rings. The first-order valence-corrected chi connectivity index (χ1v) is 6.06. The molecule has 0 aromatic heterocycles. The summed E-state index contributed by atoms with van der Waals surface area (Å²) in [5.41, 5.74) is 0.310. The molecule has 0 amide bonds. The van der Waals surface area contributed by atoms with Crippen LogP contribution in [0.2, 0.25) is 0 Å². The van der Waals surface area contributed by atoms with Crippen molar-refractivity contribution in [1.82, 2.24) is 5.32 Å². The number of rotatable bonds is 0. The number of benzene rings is 1. The van der Waals surface area contributed by atoms with Gasteiger partial charge in [-0.3, -0.25) is 0 Å². The van der Waals surface area contributed by atoms with Gasteiger partial charge in [0.05, 0.1) is 6.10 Å². The molecule has 0 aliphatic carbocycles. The zero-order valence-corrected chi connectivity index (χ0v) is 9.58. The molecule has 1 fully saturated rings. The lowest BCUT2D eigenvalue weighted by Gasteiger charge is -2.43. The lowest BCUT2D eigenvalue weighted by Crippen LogP contribution is -2.49. The van der Waals surface area contributed by atoms with Gasteiger partial charge in [0.25, 0.3) is 0 Å². The summed E-state index contributed by atoms with van der Waals surface area (Å²) in [7, 11) is 0. The van der Waals surface area contributed by atoms with E-state index in [0.29, 0.717) is 17.7 Å². The molecule has 4 heteroatoms. The average Bonchev–Trinajstić information content (AvgIpc) is 2.31. The van der Waals surface area contributed by atoms with Gasteiger partial charge in [0, 0.05) is 12.0 Å². The smallest absolute Gasteiger partial charge is 0.126 e. The van der Waals surface area contributed by atoms with Gasteiger partial charge in [-0.2, -0.15) is 0 Å². The molecular weight excluding hydrogens is 221 g/mol. The summed E-state index contributed by atoms with van der Waals surface area (Å²) in [6.45, 7) is 1.81. The second-order valence-corrected chi connectivity index (χ2v) is 4.94. The quantitative estimate of drug-likeness (QED) is 0.722. The SMILES string of the molecule is OC1CC2(CCNCC2)Oc2ccc(F)cc21. The van der Waals surface area contributed by atoms with Crippen molar-refractivity contribution in [3.8, 4) is 5.75 Å². The minimum Gasteiger partial charge on any atom is -0.487 e. The Kier molecular flexibility index (Phi) is 2.56. The van der Waals surface area contributed by atoms with Gasteiger partial charge in [-0.25, -0.2) is 4.39 Å². The summed E-state index contributed by atoms with van der Waals surface area (Å²) in [5.74, 6) is 0.305. The van der Waals surface area contributed by atoms with Crippen molar-refractivity contribution < 1.29 is 14.2 Å². The van der Waals surface area contributed by atoms with E-state index in [1.54, 1.807) is 6.07 Å². The van der Waals surface area contributed by atoms with Crippen molar-refractivity contribution in [3.63, 3.8) is 0 Å². The van der Waals surface area contributed by atoms with Gasteiger partial charge in [-0.1, -0.05) is 0 Å². The molecule has 0 bridgehead atoms. The van der Waals surface area contributed by atoms with Gasteiger partial charge in [0.15, 0.2) is 0 Å². The van der Waals surface area contributed by atoms with Gasteiger partial charge >= 0.3 is 0 Å². The number of ether oxygens (including phenoxy) is 1. The van der Waals surface area contributed by atoms with Crippen molar-refractivity contribution in [1.29, 1.82) is 0 Å². The van der Waals surface area contributed by atoms with Crippen LogP contribution in [-0.2, 0) is 0 Å². The molecule has 0 radical (unpaired) electrons. The number of halogens is 1. The summed E-state index contributed by atoms with van der Waals surface area (Å²) in [6.07, 6.45) is 1.72. The summed E-state index contributed by atoms with van der Waals surface area (Å²) in [6, 6.07) is 4.37. The molecule has 2 aliphatic heterocycles. The monoisotopic (exact) mass is 237 g/mol. The first-order chi connectivity index (χ1) is 8.19. The molecule has 3 rings (SSSR count). The molecule has 1 aromatic rings. The fraction of sp³-hybridized carbons (Fsp3) is 0.538. The van der Waals surface area contributed by atoms with Crippen molar-refractivity contribution in [2.45, 2.75) is 31.0 Å². The largest absolute Gasteiger partial charge is 0.487 e. The fourth-order valence-corrected chi connectivity index (χ4v) is 2.80. The molecule has 1 spiro atoms. The number of aliphatic hydroxyl groups excluding tert-OH is 1. The van der Waals surface area contributed by atoms with E-state index < -0.39 is 6.10 Å². The second-order valence-electron chi connectivity index (χ2n) is 4.94. The van der Waals surface area contributed by atoms with Crippen LogP contribution in [0.4, 0.5) is 4.39 Å². The molecule has 1 aromatic carbocycles. The molecule has 17 heavy (non-hydrogen) atoms. The maximum Gasteiger partial charge on any atom is 0.126 e. The second kappa shape index (κ2) is 3.96. The summed E-state index contributed by atoms with van der Waals surface area (Å²) in [4.78, 5) is 0. The maximum atomic E-state index is 13.1. The first-order valence-electron chi connectivity index (χ1n) is 6.06. The highest BCUT2D eigenvalue weighted by Gasteiger charge is 2.41. The number of fused-ring (bicyclic) bond motifs is 1. The van der Waals surface area contributed by atoms with Gasteiger partial charge in [-0.15, -0.1) is 0 Å². The minimum absolute atomic E-state index is 0.268. The standard InChI is InChI=1S/C13H16FNO2/c14-9-1-2-12-10(7-9)11(16)8-13(17-12)3-5-15-6-4-13/h1-2,7,11,15-16H,3-6,8H2. The Balaban J connectivity index is 1.94. The number of hydrogen-bond donors (Lipinski definition) is 2. The predicted octanol–water partition coefficient (Wildman–Crippen LogP) is 1.76. The van der Waals surface area contributed by atoms with E-state index in [-0.39, 0.29) is 11.4 Å². The van der Waals surface area contributed by atoms with E-state index in [2.05, 4.69) is 5.32 Å². The van der Waals surface area contributed by atoms with Gasteiger partial charge < -0.3 is 15.2 Å². The van der Waals surface area contributed by atoms with E-state index >= 15 is 0 Å². The molecule has 3 nitrogen and oxygen atoms in total. The van der Waals surface area contributed by atoms with Crippen LogP contribution in [-0.4, -0.2) is 23.8 Å². The summed E-state index contributed by atoms with van der Waals surface area (Å²) < 4.78 is 19.1. The zero-order chi connectivity index (χ0) is 11.9. The lowest BCUT2D eigenvalue weighted by molar-refractivity contribution is -0.0338. The molecule has 2 N–H and O–H groups in total. The van der Waals surface area contributed by atoms with Crippen LogP contribution in [0.5, 0.6) is 5.75 Å². The molecular formula is C13H16FNO2. The zero-order valence-electron chi connectivity index (χ0n) is 9.58. The third kappa shape index (κ3) is 1.91. The third-order valence-corrected chi connectivity index (χ3v) is 3.74. The van der Waals surface area contributed by atoms with Crippen LogP contribution in [0.25, 0.3) is 0 Å². The Labute approximate surface area is 99.6 Å². The van der Waals surface area contributed by atoms with E-state index in [0.717, 1.165) is 25.9 Å². The number of nitrogens with one attached hydrogen (secondary N) is 1. The number of piperidine rings is 1. The van der Waals surface area contributed by atoms with Crippen LogP contribution in [0.1, 0.15) is 30.9 Å². The Morgan fingerprint density at radius 2 is 2.12 bits per heavy atom. The van der Waals surface area contributed by atoms with Crippen molar-refractivity contribution >= 4 is 0 Å². The minimum atomic E-state index is -0.618. The normalized spacial score (nSPS) is 26.4. The highest BCUT2D eigenvalue weighted by molar-refractivity contribution is 5.38. The van der Waals surface area contributed by atoms with Crippen molar-refractivity contribution in [3.05, 3.63) is 29.6 Å². The third-order valence-electron chi connectivity index (χ3n) is 3.74. The summed E-state index contributed by atoms with van der Waals surface area (Å²) in [5, 5.41) is 13.4. The van der Waals surface area contributed by atoms with Crippen LogP contribution >= 0.6 is 0 Å². The van der Waals surface area contributed by atoms with Gasteiger partial charge in [0.1, 0.15) is 17.2 Å². The molecule has 0 saturated carbocycles. The van der Waals surface area contributed by atoms with Crippen LogP contribution in [0.3, 0.4) is 0 Å². The van der Waals surface area contributed by atoms with Crippen LogP contribution in [0.15, 0.2) is 18.2 Å².